The Labute approximate surface area is 93.1 Å². The molecule has 0 saturated carbocycles. The number of hydrogen-bond donors (Lipinski definition) is 2. The molecule has 0 aliphatic heterocycles. The van der Waals surface area contributed by atoms with Crippen molar-refractivity contribution in [3.05, 3.63) is 29.8 Å². The van der Waals surface area contributed by atoms with Crippen LogP contribution in [0, 0.1) is 5.41 Å². The first kappa shape index (κ1) is 12.1. The number of anilines is 1. The Bertz CT molecular complexity index is 282. The van der Waals surface area contributed by atoms with E-state index in [0.717, 1.165) is 18.8 Å². The summed E-state index contributed by atoms with van der Waals surface area (Å²) in [6.07, 6.45) is 0. The van der Waals surface area contributed by atoms with E-state index in [0.29, 0.717) is 5.41 Å². The summed E-state index contributed by atoms with van der Waals surface area (Å²) in [4.78, 5) is 0. The summed E-state index contributed by atoms with van der Waals surface area (Å²) in [5.41, 5.74) is 2.85. The molecule has 0 fully saturated rings. The highest BCUT2D eigenvalue weighted by Gasteiger charge is 2.08. The molecule has 2 N–H and O–H groups in total. The topological polar surface area (TPSA) is 24.1 Å². The molecule has 84 valence electrons. The van der Waals surface area contributed by atoms with Crippen molar-refractivity contribution in [1.82, 2.24) is 5.32 Å². The van der Waals surface area contributed by atoms with Gasteiger partial charge in [-0.05, 0) is 23.1 Å². The van der Waals surface area contributed by atoms with Crippen molar-refractivity contribution >= 4 is 5.69 Å². The highest BCUT2D eigenvalue weighted by molar-refractivity contribution is 5.43. The van der Waals surface area contributed by atoms with Gasteiger partial charge in [-0.2, -0.15) is 0 Å². The van der Waals surface area contributed by atoms with Crippen LogP contribution in [0.3, 0.4) is 0 Å². The maximum absolute atomic E-state index is 3.46. The van der Waals surface area contributed by atoms with Crippen molar-refractivity contribution in [3.8, 4) is 0 Å². The molecule has 0 aromatic heterocycles. The minimum atomic E-state index is 0.352. The van der Waals surface area contributed by atoms with E-state index in [1.165, 1.54) is 5.56 Å². The molecule has 0 bridgehead atoms. The van der Waals surface area contributed by atoms with Crippen molar-refractivity contribution in [3.63, 3.8) is 0 Å². The van der Waals surface area contributed by atoms with E-state index in [9.17, 15) is 0 Å². The average Bonchev–Trinajstić information content (AvgIpc) is 2.17. The van der Waals surface area contributed by atoms with Gasteiger partial charge in [0.1, 0.15) is 0 Å². The van der Waals surface area contributed by atoms with E-state index in [1.807, 2.05) is 7.05 Å². The number of nitrogens with one attached hydrogen (secondary N) is 2. The van der Waals surface area contributed by atoms with E-state index in [4.69, 9.17) is 0 Å². The smallest absolute Gasteiger partial charge is 0.0337 e. The largest absolute Gasteiger partial charge is 0.388 e. The molecule has 0 atom stereocenters. The second-order valence-electron chi connectivity index (χ2n) is 5.11. The molecule has 0 spiro atoms. The van der Waals surface area contributed by atoms with Gasteiger partial charge in [0.15, 0.2) is 0 Å². The van der Waals surface area contributed by atoms with Crippen molar-refractivity contribution in [2.45, 2.75) is 27.3 Å². The monoisotopic (exact) mass is 206 g/mol. The van der Waals surface area contributed by atoms with Crippen LogP contribution in [0.5, 0.6) is 0 Å². The SMILES string of the molecule is CNc1ccc(CNCC(C)(C)C)cc1. The summed E-state index contributed by atoms with van der Waals surface area (Å²) < 4.78 is 0. The fourth-order valence-electron chi connectivity index (χ4n) is 1.37. The van der Waals surface area contributed by atoms with Crippen LogP contribution in [0.4, 0.5) is 5.69 Å². The van der Waals surface area contributed by atoms with Crippen LogP contribution in [0.25, 0.3) is 0 Å². The lowest BCUT2D eigenvalue weighted by molar-refractivity contribution is 0.379. The third kappa shape index (κ3) is 4.84. The highest BCUT2D eigenvalue weighted by atomic mass is 14.9. The second-order valence-corrected chi connectivity index (χ2v) is 5.11. The van der Waals surface area contributed by atoms with Crippen molar-refractivity contribution in [1.29, 1.82) is 0 Å². The molecule has 2 heteroatoms. The van der Waals surface area contributed by atoms with Gasteiger partial charge in [0.25, 0.3) is 0 Å². The molecule has 2 nitrogen and oxygen atoms in total. The quantitative estimate of drug-likeness (QED) is 0.791. The van der Waals surface area contributed by atoms with Gasteiger partial charge in [0, 0.05) is 25.8 Å². The van der Waals surface area contributed by atoms with E-state index in [2.05, 4.69) is 55.7 Å². The molecule has 0 radical (unpaired) electrons. The highest BCUT2D eigenvalue weighted by Crippen LogP contribution is 2.12. The van der Waals surface area contributed by atoms with Crippen LogP contribution in [0.2, 0.25) is 0 Å². The maximum Gasteiger partial charge on any atom is 0.0337 e. The molecule has 0 saturated heterocycles. The van der Waals surface area contributed by atoms with E-state index >= 15 is 0 Å². The van der Waals surface area contributed by atoms with Crippen molar-refractivity contribution in [2.75, 3.05) is 18.9 Å². The molecule has 0 heterocycles. The zero-order chi connectivity index (χ0) is 11.3. The molecular weight excluding hydrogens is 184 g/mol. The van der Waals surface area contributed by atoms with Gasteiger partial charge < -0.3 is 10.6 Å². The summed E-state index contributed by atoms with van der Waals surface area (Å²) in [6.45, 7) is 8.71. The second kappa shape index (κ2) is 5.17. The van der Waals surface area contributed by atoms with Crippen LogP contribution in [-0.2, 0) is 6.54 Å². The Balaban J connectivity index is 2.38. The third-order valence-electron chi connectivity index (χ3n) is 2.23. The Morgan fingerprint density at radius 3 is 2.13 bits per heavy atom. The predicted octanol–water partition coefficient (Wildman–Crippen LogP) is 2.86. The molecule has 1 rings (SSSR count). The summed E-state index contributed by atoms with van der Waals surface area (Å²) in [5.74, 6) is 0. The minimum Gasteiger partial charge on any atom is -0.388 e. The number of hydrogen-bond acceptors (Lipinski definition) is 2. The van der Waals surface area contributed by atoms with Crippen LogP contribution in [0.1, 0.15) is 26.3 Å². The normalized spacial score (nSPS) is 11.5. The zero-order valence-electron chi connectivity index (χ0n) is 10.2. The van der Waals surface area contributed by atoms with Crippen molar-refractivity contribution < 1.29 is 0 Å². The molecule has 0 aliphatic rings. The fourth-order valence-corrected chi connectivity index (χ4v) is 1.37. The Kier molecular flexibility index (Phi) is 4.15. The summed E-state index contributed by atoms with van der Waals surface area (Å²) in [7, 11) is 1.94. The molecule has 0 amide bonds. The van der Waals surface area contributed by atoms with Crippen LogP contribution < -0.4 is 10.6 Å². The average molecular weight is 206 g/mol. The zero-order valence-corrected chi connectivity index (χ0v) is 10.2. The first-order valence-corrected chi connectivity index (χ1v) is 5.49. The first-order valence-electron chi connectivity index (χ1n) is 5.49. The van der Waals surface area contributed by atoms with Crippen LogP contribution >= 0.6 is 0 Å². The number of benzene rings is 1. The maximum atomic E-state index is 3.46. The number of rotatable bonds is 4. The summed E-state index contributed by atoms with van der Waals surface area (Å²) in [5, 5.41) is 6.57. The summed E-state index contributed by atoms with van der Waals surface area (Å²) >= 11 is 0. The standard InChI is InChI=1S/C13H22N2/c1-13(2,3)10-15-9-11-5-7-12(14-4)8-6-11/h5-8,14-15H,9-10H2,1-4H3. The lowest BCUT2D eigenvalue weighted by Crippen LogP contribution is -2.26. The first-order chi connectivity index (χ1) is 7.01. The van der Waals surface area contributed by atoms with Gasteiger partial charge in [-0.15, -0.1) is 0 Å². The molecular formula is C13H22N2. The van der Waals surface area contributed by atoms with E-state index in [1.54, 1.807) is 0 Å². The van der Waals surface area contributed by atoms with Gasteiger partial charge in [-0.3, -0.25) is 0 Å². The van der Waals surface area contributed by atoms with Gasteiger partial charge in [-0.25, -0.2) is 0 Å². The van der Waals surface area contributed by atoms with Crippen LogP contribution in [-0.4, -0.2) is 13.6 Å². The molecule has 0 unspecified atom stereocenters. The van der Waals surface area contributed by atoms with Gasteiger partial charge in [-0.1, -0.05) is 32.9 Å². The Morgan fingerprint density at radius 2 is 1.67 bits per heavy atom. The Morgan fingerprint density at radius 1 is 1.07 bits per heavy atom. The minimum absolute atomic E-state index is 0.352. The molecule has 0 aliphatic carbocycles. The lowest BCUT2D eigenvalue weighted by atomic mass is 9.97. The lowest BCUT2D eigenvalue weighted by Gasteiger charge is -2.18. The van der Waals surface area contributed by atoms with Crippen LogP contribution in [0.15, 0.2) is 24.3 Å². The fraction of sp³-hybridized carbons (Fsp3) is 0.538. The van der Waals surface area contributed by atoms with Gasteiger partial charge >= 0.3 is 0 Å². The van der Waals surface area contributed by atoms with Crippen molar-refractivity contribution in [2.24, 2.45) is 5.41 Å². The van der Waals surface area contributed by atoms with Gasteiger partial charge in [0.05, 0.1) is 0 Å². The summed E-state index contributed by atoms with van der Waals surface area (Å²) in [6, 6.07) is 8.52. The third-order valence-corrected chi connectivity index (χ3v) is 2.23. The molecule has 1 aromatic carbocycles. The van der Waals surface area contributed by atoms with E-state index < -0.39 is 0 Å². The molecule has 1 aromatic rings. The molecule has 15 heavy (non-hydrogen) atoms. The van der Waals surface area contributed by atoms with Gasteiger partial charge in [0.2, 0.25) is 0 Å². The predicted molar refractivity (Wildman–Crippen MR) is 67.2 cm³/mol. The van der Waals surface area contributed by atoms with E-state index in [-0.39, 0.29) is 0 Å². The Hall–Kier alpha value is -1.02.